The number of hydrogen-bond acceptors (Lipinski definition) is 4. The lowest BCUT2D eigenvalue weighted by molar-refractivity contribution is 0.101. The molecular formula is C20H23N3O. The van der Waals surface area contributed by atoms with Gasteiger partial charge in [-0.15, -0.1) is 0 Å². The molecule has 0 N–H and O–H groups in total. The van der Waals surface area contributed by atoms with Crippen molar-refractivity contribution in [3.8, 4) is 0 Å². The maximum absolute atomic E-state index is 13.1. The van der Waals surface area contributed by atoms with E-state index in [0.29, 0.717) is 0 Å². The van der Waals surface area contributed by atoms with Crippen molar-refractivity contribution in [3.05, 3.63) is 71.1 Å². The van der Waals surface area contributed by atoms with Gasteiger partial charge in [-0.25, -0.2) is 4.98 Å². The standard InChI is InChI=1S/C20H23N3O/c1-22(2)13-17-16(14-8-6-5-7-9-14)12-18-15(20(17)24)10-11-19(21-18)23(3)4/h5-11,13,16H,12H2,1-4H3/b17-13+. The molecule has 3 rings (SSSR count). The fourth-order valence-electron chi connectivity index (χ4n) is 3.13. The minimum absolute atomic E-state index is 0.0403. The number of fused-ring (bicyclic) bond motifs is 1. The van der Waals surface area contributed by atoms with Gasteiger partial charge in [-0.05, 0) is 17.7 Å². The number of hydrogen-bond donors (Lipinski definition) is 0. The zero-order chi connectivity index (χ0) is 17.3. The Labute approximate surface area is 143 Å². The molecule has 2 aromatic rings. The number of ketones is 1. The molecular weight excluding hydrogens is 298 g/mol. The van der Waals surface area contributed by atoms with Gasteiger partial charge in [-0.1, -0.05) is 30.3 Å². The summed E-state index contributed by atoms with van der Waals surface area (Å²) < 4.78 is 0. The predicted molar refractivity (Wildman–Crippen MR) is 97.6 cm³/mol. The largest absolute Gasteiger partial charge is 0.383 e. The van der Waals surface area contributed by atoms with Crippen LogP contribution in [0.25, 0.3) is 0 Å². The summed E-state index contributed by atoms with van der Waals surface area (Å²) in [4.78, 5) is 21.7. The van der Waals surface area contributed by atoms with Gasteiger partial charge < -0.3 is 9.80 Å². The Morgan fingerprint density at radius 2 is 1.75 bits per heavy atom. The number of benzene rings is 1. The maximum Gasteiger partial charge on any atom is 0.192 e. The predicted octanol–water partition coefficient (Wildman–Crippen LogP) is 3.12. The van der Waals surface area contributed by atoms with Crippen molar-refractivity contribution in [1.82, 2.24) is 9.88 Å². The average molecular weight is 321 g/mol. The Bertz CT molecular complexity index is 779. The summed E-state index contributed by atoms with van der Waals surface area (Å²) in [6, 6.07) is 14.0. The van der Waals surface area contributed by atoms with E-state index in [1.54, 1.807) is 0 Å². The summed E-state index contributed by atoms with van der Waals surface area (Å²) in [5.41, 5.74) is 3.59. The molecule has 1 aromatic heterocycles. The van der Waals surface area contributed by atoms with E-state index in [0.717, 1.165) is 34.6 Å². The van der Waals surface area contributed by atoms with Gasteiger partial charge in [0.1, 0.15) is 5.82 Å². The Morgan fingerprint density at radius 3 is 2.38 bits per heavy atom. The van der Waals surface area contributed by atoms with Gasteiger partial charge >= 0.3 is 0 Å². The smallest absolute Gasteiger partial charge is 0.192 e. The number of rotatable bonds is 3. The molecule has 1 atom stereocenters. The molecule has 4 nitrogen and oxygen atoms in total. The first kappa shape index (κ1) is 16.2. The second-order valence-corrected chi connectivity index (χ2v) is 6.60. The van der Waals surface area contributed by atoms with Crippen LogP contribution >= 0.6 is 0 Å². The monoisotopic (exact) mass is 321 g/mol. The number of pyridine rings is 1. The van der Waals surface area contributed by atoms with Crippen molar-refractivity contribution in [1.29, 1.82) is 0 Å². The molecule has 1 aromatic carbocycles. The van der Waals surface area contributed by atoms with Crippen LogP contribution in [0.5, 0.6) is 0 Å². The molecule has 124 valence electrons. The lowest BCUT2D eigenvalue weighted by Gasteiger charge is -2.28. The molecule has 0 amide bonds. The molecule has 0 fully saturated rings. The minimum atomic E-state index is 0.0403. The van der Waals surface area contributed by atoms with Crippen LogP contribution in [-0.2, 0) is 6.42 Å². The van der Waals surface area contributed by atoms with E-state index in [1.807, 2.05) is 74.5 Å². The summed E-state index contributed by atoms with van der Waals surface area (Å²) in [6.45, 7) is 0. The van der Waals surface area contributed by atoms with Crippen LogP contribution in [0.15, 0.2) is 54.2 Å². The summed E-state index contributed by atoms with van der Waals surface area (Å²) >= 11 is 0. The van der Waals surface area contributed by atoms with E-state index in [-0.39, 0.29) is 11.7 Å². The molecule has 0 saturated heterocycles. The van der Waals surface area contributed by atoms with Crippen molar-refractivity contribution in [2.75, 3.05) is 33.1 Å². The highest BCUT2D eigenvalue weighted by Crippen LogP contribution is 2.36. The van der Waals surface area contributed by atoms with Gasteiger partial charge in [-0.3, -0.25) is 4.79 Å². The van der Waals surface area contributed by atoms with E-state index in [9.17, 15) is 4.79 Å². The highest BCUT2D eigenvalue weighted by Gasteiger charge is 2.32. The van der Waals surface area contributed by atoms with Gasteiger partial charge in [0.05, 0.1) is 5.69 Å². The number of anilines is 1. The van der Waals surface area contributed by atoms with E-state index in [4.69, 9.17) is 4.98 Å². The zero-order valence-electron chi connectivity index (χ0n) is 14.7. The van der Waals surface area contributed by atoms with Gasteiger partial charge in [0.2, 0.25) is 0 Å². The lowest BCUT2D eigenvalue weighted by Crippen LogP contribution is -2.26. The Kier molecular flexibility index (Phi) is 4.38. The van der Waals surface area contributed by atoms with Crippen molar-refractivity contribution in [2.24, 2.45) is 0 Å². The van der Waals surface area contributed by atoms with Crippen LogP contribution in [0, 0.1) is 0 Å². The molecule has 0 bridgehead atoms. The van der Waals surface area contributed by atoms with E-state index in [2.05, 4.69) is 12.1 Å². The fourth-order valence-corrected chi connectivity index (χ4v) is 3.13. The normalized spacial score (nSPS) is 18.4. The topological polar surface area (TPSA) is 36.4 Å². The molecule has 1 heterocycles. The van der Waals surface area contributed by atoms with Crippen LogP contribution in [0.2, 0.25) is 0 Å². The summed E-state index contributed by atoms with van der Waals surface area (Å²) in [6.07, 6.45) is 2.69. The summed E-state index contributed by atoms with van der Waals surface area (Å²) in [5.74, 6) is 1.00. The van der Waals surface area contributed by atoms with Crippen molar-refractivity contribution < 1.29 is 4.79 Å². The van der Waals surface area contributed by atoms with Crippen LogP contribution in [-0.4, -0.2) is 43.9 Å². The van der Waals surface area contributed by atoms with Gasteiger partial charge in [0.25, 0.3) is 0 Å². The average Bonchev–Trinajstić information content (AvgIpc) is 2.57. The molecule has 0 spiro atoms. The van der Waals surface area contributed by atoms with E-state index in [1.165, 1.54) is 0 Å². The highest BCUT2D eigenvalue weighted by atomic mass is 16.1. The second kappa shape index (κ2) is 6.48. The first-order valence-corrected chi connectivity index (χ1v) is 8.12. The number of allylic oxidation sites excluding steroid dienone is 1. The summed E-state index contributed by atoms with van der Waals surface area (Å²) in [7, 11) is 7.83. The van der Waals surface area contributed by atoms with Gasteiger partial charge in [0, 0.05) is 57.9 Å². The number of nitrogens with zero attached hydrogens (tertiary/aromatic N) is 3. The third kappa shape index (κ3) is 3.04. The molecule has 4 heteroatoms. The summed E-state index contributed by atoms with van der Waals surface area (Å²) in [5, 5.41) is 0. The second-order valence-electron chi connectivity index (χ2n) is 6.60. The zero-order valence-corrected chi connectivity index (χ0v) is 14.7. The molecule has 1 unspecified atom stereocenters. The van der Waals surface area contributed by atoms with Gasteiger partial charge in [-0.2, -0.15) is 0 Å². The molecule has 1 aliphatic carbocycles. The van der Waals surface area contributed by atoms with Gasteiger partial charge in [0.15, 0.2) is 5.78 Å². The molecule has 0 saturated carbocycles. The minimum Gasteiger partial charge on any atom is -0.383 e. The third-order valence-electron chi connectivity index (χ3n) is 4.30. The van der Waals surface area contributed by atoms with Crippen molar-refractivity contribution in [2.45, 2.75) is 12.3 Å². The Morgan fingerprint density at radius 1 is 1.04 bits per heavy atom. The number of carbonyl (C=O) groups is 1. The SMILES string of the molecule is CN(C)/C=C1/C(=O)c2ccc(N(C)C)nc2CC1c1ccccc1. The molecule has 0 radical (unpaired) electrons. The van der Waals surface area contributed by atoms with Crippen molar-refractivity contribution in [3.63, 3.8) is 0 Å². The fraction of sp³-hybridized carbons (Fsp3) is 0.300. The molecule has 0 aliphatic heterocycles. The molecule has 24 heavy (non-hydrogen) atoms. The lowest BCUT2D eigenvalue weighted by atomic mass is 9.78. The Hall–Kier alpha value is -2.62. The number of Topliss-reactive ketones (excluding diaryl/α,β-unsaturated/α-hetero) is 1. The molecule has 1 aliphatic rings. The third-order valence-corrected chi connectivity index (χ3v) is 4.30. The van der Waals surface area contributed by atoms with Crippen LogP contribution in [0.4, 0.5) is 5.82 Å². The number of carbonyl (C=O) groups excluding carboxylic acids is 1. The Balaban J connectivity index is 2.12. The van der Waals surface area contributed by atoms with Crippen LogP contribution in [0.1, 0.15) is 27.5 Å². The number of aromatic nitrogens is 1. The van der Waals surface area contributed by atoms with E-state index < -0.39 is 0 Å². The maximum atomic E-state index is 13.1. The van der Waals surface area contributed by atoms with Crippen LogP contribution < -0.4 is 4.90 Å². The van der Waals surface area contributed by atoms with Crippen LogP contribution in [0.3, 0.4) is 0 Å². The van der Waals surface area contributed by atoms with E-state index >= 15 is 0 Å². The first-order chi connectivity index (χ1) is 11.5. The highest BCUT2D eigenvalue weighted by molar-refractivity contribution is 6.11. The first-order valence-electron chi connectivity index (χ1n) is 8.12. The quantitative estimate of drug-likeness (QED) is 0.814. The van der Waals surface area contributed by atoms with Crippen molar-refractivity contribution >= 4 is 11.6 Å².